The van der Waals surface area contributed by atoms with Crippen LogP contribution in [0, 0.1) is 5.92 Å². The molecule has 1 unspecified atom stereocenters. The number of phenols is 1. The van der Waals surface area contributed by atoms with E-state index in [0.29, 0.717) is 23.4 Å². The van der Waals surface area contributed by atoms with Crippen LogP contribution < -0.4 is 5.32 Å². The third kappa shape index (κ3) is 4.46. The summed E-state index contributed by atoms with van der Waals surface area (Å²) in [5.74, 6) is -0.0137. The number of hydrogen-bond donors (Lipinski definition) is 2. The second-order valence-electron chi connectivity index (χ2n) is 8.86. The van der Waals surface area contributed by atoms with Crippen LogP contribution in [0.3, 0.4) is 0 Å². The molecule has 168 valence electrons. The number of fused-ring (bicyclic) bond motifs is 2. The topological polar surface area (TPSA) is 88.5 Å². The highest BCUT2D eigenvalue weighted by Gasteiger charge is 2.30. The van der Waals surface area contributed by atoms with E-state index in [1.165, 1.54) is 0 Å². The molecular weight excluding hydrogens is 416 g/mol. The maximum absolute atomic E-state index is 13.2. The van der Waals surface area contributed by atoms with Gasteiger partial charge in [-0.25, -0.2) is 9.78 Å². The number of phenolic OH excluding ortho intramolecular Hbond substituents is 1. The lowest BCUT2D eigenvalue weighted by Crippen LogP contribution is -2.37. The quantitative estimate of drug-likeness (QED) is 0.549. The molecule has 2 N–H and O–H groups in total. The van der Waals surface area contributed by atoms with Crippen LogP contribution >= 0.6 is 0 Å². The first-order valence-corrected chi connectivity index (χ1v) is 11.4. The summed E-state index contributed by atoms with van der Waals surface area (Å²) in [4.78, 5) is 30.3. The van der Waals surface area contributed by atoms with Crippen LogP contribution in [0.1, 0.15) is 53.4 Å². The molecule has 0 spiro atoms. The van der Waals surface area contributed by atoms with E-state index in [1.54, 1.807) is 12.1 Å². The second kappa shape index (κ2) is 8.70. The summed E-state index contributed by atoms with van der Waals surface area (Å²) in [6, 6.07) is 14.6. The van der Waals surface area contributed by atoms with E-state index in [2.05, 4.69) is 5.32 Å². The molecule has 3 aromatic rings. The van der Waals surface area contributed by atoms with Crippen LogP contribution in [0.5, 0.6) is 5.75 Å². The number of nitrogens with one attached hydrogen (secondary N) is 1. The van der Waals surface area contributed by atoms with Gasteiger partial charge in [-0.15, -0.1) is 0 Å². The van der Waals surface area contributed by atoms with Crippen molar-refractivity contribution < 1.29 is 19.4 Å². The van der Waals surface area contributed by atoms with Gasteiger partial charge in [-0.3, -0.25) is 4.79 Å². The number of benzene rings is 2. The average molecular weight is 443 g/mol. The molecule has 2 aliphatic carbocycles. The molecule has 0 aliphatic heterocycles. The number of amides is 1. The van der Waals surface area contributed by atoms with Gasteiger partial charge in [-0.05, 0) is 79.5 Å². The number of para-hydroxylation sites is 1. The first-order valence-electron chi connectivity index (χ1n) is 11.4. The minimum Gasteiger partial charge on any atom is -0.508 e. The van der Waals surface area contributed by atoms with Crippen molar-refractivity contribution >= 4 is 34.4 Å². The fraction of sp³-hybridized carbons (Fsp3) is 0.296. The first-order chi connectivity index (χ1) is 16.0. The molecule has 2 aliphatic rings. The highest BCUT2D eigenvalue weighted by molar-refractivity contribution is 6.07. The van der Waals surface area contributed by atoms with E-state index in [1.807, 2.05) is 49.4 Å². The lowest BCUT2D eigenvalue weighted by Gasteiger charge is -2.14. The summed E-state index contributed by atoms with van der Waals surface area (Å²) < 4.78 is 5.46. The standard InChI is InChI=1S/C27H26N2O4/c1-16(18-8-9-18)28-24(31)15-33-27(32)25-21-4-2-3-5-23(21)29-26-19(10-13-22(25)26)14-17-6-11-20(30)12-7-17/h2-7,11-12,14,16,18,30H,8-10,13,15H2,1H3,(H,28,31)/b19-14+. The molecule has 5 rings (SSSR count). The van der Waals surface area contributed by atoms with Gasteiger partial charge in [0.2, 0.25) is 0 Å². The van der Waals surface area contributed by atoms with Gasteiger partial charge in [0.25, 0.3) is 5.91 Å². The first kappa shape index (κ1) is 21.2. The van der Waals surface area contributed by atoms with Crippen LogP contribution in [0.25, 0.3) is 22.6 Å². The predicted molar refractivity (Wildman–Crippen MR) is 127 cm³/mol. The van der Waals surface area contributed by atoms with Crippen LogP contribution in [-0.4, -0.2) is 34.6 Å². The fourth-order valence-electron chi connectivity index (χ4n) is 4.50. The van der Waals surface area contributed by atoms with Crippen molar-refractivity contribution in [2.45, 2.75) is 38.6 Å². The number of carbonyl (C=O) groups excluding carboxylic acids is 2. The van der Waals surface area contributed by atoms with Crippen molar-refractivity contribution in [2.75, 3.05) is 6.61 Å². The number of esters is 1. The monoisotopic (exact) mass is 442 g/mol. The SMILES string of the molecule is CC(NC(=O)COC(=O)c1c2c(nc3ccccc13)/C(=C/c1ccc(O)cc1)CC2)C1CC1. The highest BCUT2D eigenvalue weighted by atomic mass is 16.5. The van der Waals surface area contributed by atoms with Crippen molar-refractivity contribution in [3.8, 4) is 5.75 Å². The van der Waals surface area contributed by atoms with Crippen molar-refractivity contribution in [1.82, 2.24) is 10.3 Å². The van der Waals surface area contributed by atoms with Gasteiger partial charge in [0.1, 0.15) is 5.75 Å². The molecule has 1 fully saturated rings. The Labute approximate surface area is 192 Å². The van der Waals surface area contributed by atoms with Crippen LogP contribution in [0.4, 0.5) is 0 Å². The Hall–Kier alpha value is -3.67. The normalized spacial score (nSPS) is 17.1. The zero-order chi connectivity index (χ0) is 22.9. The van der Waals surface area contributed by atoms with Gasteiger partial charge in [-0.2, -0.15) is 0 Å². The Bertz CT molecular complexity index is 1260. The molecule has 2 aromatic carbocycles. The van der Waals surface area contributed by atoms with E-state index in [9.17, 15) is 14.7 Å². The minimum atomic E-state index is -0.495. The Balaban J connectivity index is 1.44. The van der Waals surface area contributed by atoms with E-state index < -0.39 is 5.97 Å². The van der Waals surface area contributed by atoms with Crippen LogP contribution in [-0.2, 0) is 16.0 Å². The lowest BCUT2D eigenvalue weighted by molar-refractivity contribution is -0.124. The Morgan fingerprint density at radius 1 is 1.15 bits per heavy atom. The number of allylic oxidation sites excluding steroid dienone is 1. The number of pyridine rings is 1. The summed E-state index contributed by atoms with van der Waals surface area (Å²) >= 11 is 0. The van der Waals surface area contributed by atoms with Gasteiger partial charge in [0, 0.05) is 11.4 Å². The Morgan fingerprint density at radius 2 is 1.91 bits per heavy atom. The van der Waals surface area contributed by atoms with Crippen molar-refractivity contribution in [1.29, 1.82) is 0 Å². The summed E-state index contributed by atoms with van der Waals surface area (Å²) in [7, 11) is 0. The molecule has 1 heterocycles. The summed E-state index contributed by atoms with van der Waals surface area (Å²) in [6.45, 7) is 1.69. The number of carbonyl (C=O) groups is 2. The largest absolute Gasteiger partial charge is 0.508 e. The highest BCUT2D eigenvalue weighted by Crippen LogP contribution is 2.38. The number of aromatic hydroxyl groups is 1. The minimum absolute atomic E-state index is 0.106. The predicted octanol–water partition coefficient (Wildman–Crippen LogP) is 4.50. The smallest absolute Gasteiger partial charge is 0.339 e. The summed E-state index contributed by atoms with van der Waals surface area (Å²) in [6.07, 6.45) is 5.73. The van der Waals surface area contributed by atoms with E-state index in [-0.39, 0.29) is 24.3 Å². The second-order valence-corrected chi connectivity index (χ2v) is 8.86. The van der Waals surface area contributed by atoms with Gasteiger partial charge in [0.15, 0.2) is 6.61 Å². The molecule has 0 radical (unpaired) electrons. The molecule has 1 amide bonds. The molecule has 1 saturated carbocycles. The van der Waals surface area contributed by atoms with Crippen LogP contribution in [0.2, 0.25) is 0 Å². The van der Waals surface area contributed by atoms with Gasteiger partial charge >= 0.3 is 5.97 Å². The third-order valence-electron chi connectivity index (χ3n) is 6.43. The molecule has 0 bridgehead atoms. The average Bonchev–Trinajstić information content (AvgIpc) is 3.60. The molecule has 6 nitrogen and oxygen atoms in total. The Kier molecular flexibility index (Phi) is 5.58. The van der Waals surface area contributed by atoms with Gasteiger partial charge < -0.3 is 15.2 Å². The molecule has 0 saturated heterocycles. The third-order valence-corrected chi connectivity index (χ3v) is 6.43. The lowest BCUT2D eigenvalue weighted by atomic mass is 10.0. The number of nitrogens with zero attached hydrogens (tertiary/aromatic N) is 1. The molecular formula is C27H26N2O4. The van der Waals surface area contributed by atoms with Gasteiger partial charge in [-0.1, -0.05) is 30.3 Å². The number of ether oxygens (including phenoxy) is 1. The van der Waals surface area contributed by atoms with Crippen LogP contribution in [0.15, 0.2) is 48.5 Å². The van der Waals surface area contributed by atoms with Crippen molar-refractivity contribution in [3.05, 3.63) is 70.9 Å². The zero-order valence-corrected chi connectivity index (χ0v) is 18.5. The molecule has 6 heteroatoms. The van der Waals surface area contributed by atoms with E-state index in [0.717, 1.165) is 47.0 Å². The Morgan fingerprint density at radius 3 is 2.67 bits per heavy atom. The van der Waals surface area contributed by atoms with Crippen molar-refractivity contribution in [2.24, 2.45) is 5.92 Å². The molecule has 33 heavy (non-hydrogen) atoms. The fourth-order valence-corrected chi connectivity index (χ4v) is 4.50. The number of aromatic nitrogens is 1. The van der Waals surface area contributed by atoms with Crippen molar-refractivity contribution in [3.63, 3.8) is 0 Å². The molecule has 1 aromatic heterocycles. The maximum Gasteiger partial charge on any atom is 0.339 e. The maximum atomic E-state index is 13.2. The number of hydrogen-bond acceptors (Lipinski definition) is 5. The van der Waals surface area contributed by atoms with E-state index >= 15 is 0 Å². The summed E-state index contributed by atoms with van der Waals surface area (Å²) in [5.41, 5.74) is 4.85. The zero-order valence-electron chi connectivity index (χ0n) is 18.5. The van der Waals surface area contributed by atoms with Gasteiger partial charge in [0.05, 0.1) is 16.8 Å². The summed E-state index contributed by atoms with van der Waals surface area (Å²) in [5, 5.41) is 13.2. The molecule has 1 atom stereocenters. The number of rotatable bonds is 6. The van der Waals surface area contributed by atoms with E-state index in [4.69, 9.17) is 9.72 Å².